The van der Waals surface area contributed by atoms with Gasteiger partial charge in [-0.05, 0) is 116 Å². The first kappa shape index (κ1) is 55.6. The number of halogens is 1. The largest absolute Gasteiger partial charge is 0.508 e. The van der Waals surface area contributed by atoms with Crippen LogP contribution in [-0.4, -0.2) is 130 Å². The number of aryl methyl sites for hydroxylation is 2. The van der Waals surface area contributed by atoms with Gasteiger partial charge in [-0.1, -0.05) is 35.7 Å². The third kappa shape index (κ3) is 12.8. The number of nitrogens with zero attached hydrogens (tertiary/aromatic N) is 12. The Morgan fingerprint density at radius 2 is 1.92 bits per heavy atom. The second kappa shape index (κ2) is 25.0. The number of thiazole rings is 1. The minimum Gasteiger partial charge on any atom is -0.508 e. The number of nitrogens with two attached hydrogens (primary N) is 1. The Kier molecular flexibility index (Phi) is 18.3. The van der Waals surface area contributed by atoms with Gasteiger partial charge in [0.2, 0.25) is 30.0 Å². The lowest BCUT2D eigenvalue weighted by Crippen LogP contribution is -2.41. The van der Waals surface area contributed by atoms with Crippen molar-refractivity contribution >= 4 is 45.9 Å². The lowest BCUT2D eigenvalue weighted by Gasteiger charge is -2.33. The molecule has 0 radical (unpaired) electrons. The van der Waals surface area contributed by atoms with Crippen molar-refractivity contribution in [3.05, 3.63) is 75.1 Å². The molecule has 406 valence electrons. The summed E-state index contributed by atoms with van der Waals surface area (Å²) in [6, 6.07) is 6.49. The molecule has 3 unspecified atom stereocenters. The minimum absolute atomic E-state index is 0.0500. The highest BCUT2D eigenvalue weighted by atomic mass is 32.1. The molecule has 4 atom stereocenters. The maximum absolute atomic E-state index is 14.1. The number of aliphatic hydroxyl groups excluding tert-OH is 1. The van der Waals surface area contributed by atoms with Crippen LogP contribution in [0, 0.1) is 30.0 Å². The average molecular weight is 1080 g/mol. The van der Waals surface area contributed by atoms with Gasteiger partial charge in [-0.2, -0.15) is 10.2 Å². The van der Waals surface area contributed by atoms with E-state index in [-0.39, 0.29) is 30.3 Å². The number of aliphatic hydroxyl groups is 1. The number of carbonyl (C=O) groups is 2. The Morgan fingerprint density at radius 3 is 2.63 bits per heavy atom. The molecule has 0 bridgehead atoms. The van der Waals surface area contributed by atoms with Gasteiger partial charge in [-0.15, -0.1) is 22.7 Å². The number of aromatic hydroxyl groups is 1. The number of β-amino-alcohol motifs (C(OH)–C–C–N with tert-alkyl or cyclic N) is 1. The number of hydrogen-bond donors (Lipinski definition) is 4. The number of carbonyl (C=O) groups excluding carboxylic acids is 2. The number of nitrogens with one attached hydrogen (secondary N) is 1. The highest BCUT2D eigenvalue weighted by Crippen LogP contribution is 2.48. The highest BCUT2D eigenvalue weighted by Gasteiger charge is 2.43. The van der Waals surface area contributed by atoms with Gasteiger partial charge in [-0.25, -0.2) is 24.0 Å². The number of likely N-dealkylation sites (tertiary alicyclic amines) is 1. The van der Waals surface area contributed by atoms with Crippen LogP contribution in [0.5, 0.6) is 11.6 Å². The number of ether oxygens (including phenoxy) is 1. The average Bonchev–Trinajstić information content (AvgIpc) is 4.27. The fourth-order valence-electron chi connectivity index (χ4n) is 10.6. The van der Waals surface area contributed by atoms with Crippen LogP contribution in [0.2, 0.25) is 0 Å². The van der Waals surface area contributed by atoms with Crippen molar-refractivity contribution in [2.24, 2.45) is 5.92 Å². The van der Waals surface area contributed by atoms with E-state index in [1.165, 1.54) is 45.9 Å². The van der Waals surface area contributed by atoms with Crippen LogP contribution in [0.1, 0.15) is 132 Å². The zero-order valence-electron chi connectivity index (χ0n) is 44.1. The minimum atomic E-state index is -0.590. The molecule has 20 nitrogen and oxygen atoms in total. The van der Waals surface area contributed by atoms with Crippen molar-refractivity contribution in [1.82, 2.24) is 55.2 Å². The number of rotatable bonds is 13. The Labute approximate surface area is 450 Å². The molecule has 2 aliphatic heterocycles. The topological polar surface area (TPSA) is 264 Å². The number of phenols is 1. The number of aromatic nitrogens is 8. The molecule has 4 aliphatic rings. The Balaban J connectivity index is 0.000000291. The molecule has 6 aromatic rings. The Morgan fingerprint density at radius 1 is 1.13 bits per heavy atom. The van der Waals surface area contributed by atoms with Crippen LogP contribution >= 0.6 is 22.7 Å². The van der Waals surface area contributed by atoms with Crippen molar-refractivity contribution in [2.45, 2.75) is 142 Å². The molecular weight excluding hydrogens is 1010 g/mol. The maximum atomic E-state index is 14.1. The summed E-state index contributed by atoms with van der Waals surface area (Å²) >= 11 is 2.80. The summed E-state index contributed by atoms with van der Waals surface area (Å²) in [4.78, 5) is 49.8. The number of nitrogen functional groups attached to an aromatic ring is 1. The third-order valence-electron chi connectivity index (χ3n) is 14.5. The van der Waals surface area contributed by atoms with Gasteiger partial charge in [-0.3, -0.25) is 9.59 Å². The molecule has 0 spiro atoms. The standard InChI is InChI=1S/C37H48N12O4S.C13H13FN2O2S.C3H8/c1-23-18-46(19-24-6-8-26(9-7-24)52-30-21-48(45-43-30)22-31(51)47-16-11-25(50)20-47)14-4-15-49(23)36-40-13-10-28(41-36)34-42-35(53-44-34)37(2)12-3-5-29-32(37)27(17-38)33(39)54-29;1-7(15-5-17)9-3-11(14)10(4-12(9)18)13-8(2)16-6-19-13;1-3-2/h10,13,21,23-26,50H,3-9,11-12,14-16,18-20,22,39H2,1-2H3;3-7,18H,1-2H3,(H,15,17);3H2,1-2H3/t;7-;/m.0./s1. The van der Waals surface area contributed by atoms with Gasteiger partial charge in [0.15, 0.2) is 0 Å². The summed E-state index contributed by atoms with van der Waals surface area (Å²) in [5.74, 6) is 2.03. The molecule has 2 aliphatic carbocycles. The second-order valence-electron chi connectivity index (χ2n) is 20.4. The number of amides is 2. The molecule has 76 heavy (non-hydrogen) atoms. The monoisotopic (exact) mass is 1080 g/mol. The van der Waals surface area contributed by atoms with E-state index < -0.39 is 23.4 Å². The smallest absolute Gasteiger partial charge is 0.253 e. The molecule has 5 aromatic heterocycles. The summed E-state index contributed by atoms with van der Waals surface area (Å²) in [5.41, 5.74) is 10.7. The van der Waals surface area contributed by atoms with E-state index in [0.717, 1.165) is 93.7 Å². The summed E-state index contributed by atoms with van der Waals surface area (Å²) in [7, 11) is 0. The molecule has 3 fully saturated rings. The number of benzene rings is 1. The molecular formula is C53H69FN14O6S2. The molecule has 7 heterocycles. The first-order chi connectivity index (χ1) is 36.6. The van der Waals surface area contributed by atoms with Gasteiger partial charge < -0.3 is 45.2 Å². The molecule has 10 rings (SSSR count). The van der Waals surface area contributed by atoms with Crippen LogP contribution in [0.3, 0.4) is 0 Å². The fourth-order valence-corrected chi connectivity index (χ4v) is 12.6. The number of thiophene rings is 1. The van der Waals surface area contributed by atoms with Gasteiger partial charge in [0.25, 0.3) is 5.88 Å². The Bertz CT molecular complexity index is 2970. The van der Waals surface area contributed by atoms with Crippen LogP contribution < -0.4 is 20.7 Å². The normalized spacial score (nSPS) is 22.0. The van der Waals surface area contributed by atoms with Crippen molar-refractivity contribution in [3.8, 4) is 39.7 Å². The van der Waals surface area contributed by atoms with E-state index in [2.05, 4.69) is 74.3 Å². The maximum Gasteiger partial charge on any atom is 0.253 e. The zero-order chi connectivity index (χ0) is 54.1. The molecule has 2 amide bonds. The molecule has 1 aromatic carbocycles. The second-order valence-corrected chi connectivity index (χ2v) is 22.4. The van der Waals surface area contributed by atoms with E-state index in [4.69, 9.17) is 25.0 Å². The van der Waals surface area contributed by atoms with E-state index in [0.29, 0.717) is 87.6 Å². The van der Waals surface area contributed by atoms with Gasteiger partial charge in [0.05, 0.1) is 45.4 Å². The number of anilines is 2. The summed E-state index contributed by atoms with van der Waals surface area (Å²) in [6.07, 6.45) is 13.2. The van der Waals surface area contributed by atoms with Crippen LogP contribution in [0.4, 0.5) is 15.3 Å². The lowest BCUT2D eigenvalue weighted by molar-refractivity contribution is -0.131. The van der Waals surface area contributed by atoms with Gasteiger partial charge in [0.1, 0.15) is 41.0 Å². The van der Waals surface area contributed by atoms with Crippen molar-refractivity contribution in [3.63, 3.8) is 0 Å². The quantitative estimate of drug-likeness (QED) is 0.0812. The first-order valence-electron chi connectivity index (χ1n) is 26.3. The van der Waals surface area contributed by atoms with Crippen molar-refractivity contribution in [2.75, 3.05) is 49.9 Å². The first-order valence-corrected chi connectivity index (χ1v) is 28.0. The third-order valence-corrected chi connectivity index (χ3v) is 16.6. The van der Waals surface area contributed by atoms with E-state index in [1.807, 2.05) is 6.07 Å². The van der Waals surface area contributed by atoms with Gasteiger partial charge in [0, 0.05) is 66.5 Å². The molecule has 5 N–H and O–H groups in total. The predicted octanol–water partition coefficient (Wildman–Crippen LogP) is 7.59. The van der Waals surface area contributed by atoms with E-state index in [9.17, 15) is 29.5 Å². The van der Waals surface area contributed by atoms with Crippen LogP contribution in [-0.2, 0) is 28.0 Å². The van der Waals surface area contributed by atoms with Gasteiger partial charge >= 0.3 is 0 Å². The fraction of sp³-hybridized carbons (Fsp3) is 0.547. The highest BCUT2D eigenvalue weighted by molar-refractivity contribution is 7.16. The van der Waals surface area contributed by atoms with Crippen molar-refractivity contribution < 1.29 is 33.5 Å². The van der Waals surface area contributed by atoms with E-state index >= 15 is 0 Å². The SMILES string of the molecule is CC1CN(CC2CCC(Oc3cn(CC(=O)N4CCC(O)C4)nn3)CC2)CCCN1c1nccc(-c2noc(C3(C)CCCc4sc(N)c(C#N)c43)n2)n1.CCC.Cc1ncsc1-c1cc(O)c([C@H](C)NC=O)cc1F. The number of fused-ring (bicyclic) bond motifs is 1. The number of hydrogen-bond acceptors (Lipinski definition) is 19. The van der Waals surface area contributed by atoms with E-state index in [1.54, 1.807) is 36.7 Å². The van der Waals surface area contributed by atoms with Crippen LogP contribution in [0.25, 0.3) is 22.0 Å². The summed E-state index contributed by atoms with van der Waals surface area (Å²) in [5, 5.41) is 45.2. The lowest BCUT2D eigenvalue weighted by atomic mass is 9.72. The summed E-state index contributed by atoms with van der Waals surface area (Å²) < 4.78 is 27.7. The summed E-state index contributed by atoms with van der Waals surface area (Å²) in [6.45, 7) is 16.9. The molecule has 2 saturated heterocycles. The number of phenolic OH excluding ortho intramolecular Hbond substituents is 1. The molecule has 1 saturated carbocycles. The predicted molar refractivity (Wildman–Crippen MR) is 287 cm³/mol. The molecule has 23 heteroatoms. The van der Waals surface area contributed by atoms with Crippen molar-refractivity contribution in [1.29, 1.82) is 5.26 Å². The number of nitriles is 1. The zero-order valence-corrected chi connectivity index (χ0v) is 45.7. The Hall–Kier alpha value is -6.61. The van der Waals surface area contributed by atoms with Crippen LogP contribution in [0.15, 0.2) is 40.6 Å².